The van der Waals surface area contributed by atoms with E-state index in [1.807, 2.05) is 36.5 Å². The van der Waals surface area contributed by atoms with Gasteiger partial charge in [0.2, 0.25) is 0 Å². The standard InChI is InChI=1S/C18H17N3O2/c22-18(17(21-23)13-6-2-1-3-7-13)19-11-10-14-12-20-16-9-5-4-8-15(14)16/h1-9,12,20,23H,10-11H2,(H,19,22)/b21-17-. The van der Waals surface area contributed by atoms with Gasteiger partial charge in [-0.1, -0.05) is 53.7 Å². The van der Waals surface area contributed by atoms with Crippen LogP contribution in [0.5, 0.6) is 0 Å². The normalized spacial score (nSPS) is 11.6. The minimum atomic E-state index is -0.390. The summed E-state index contributed by atoms with van der Waals surface area (Å²) in [5.41, 5.74) is 2.82. The molecule has 0 spiro atoms. The van der Waals surface area contributed by atoms with Crippen molar-refractivity contribution in [1.82, 2.24) is 10.3 Å². The minimum absolute atomic E-state index is 0.0181. The molecule has 0 aliphatic carbocycles. The number of carbonyl (C=O) groups is 1. The van der Waals surface area contributed by atoms with Crippen LogP contribution in [-0.4, -0.2) is 28.4 Å². The highest BCUT2D eigenvalue weighted by Gasteiger charge is 2.14. The third-order valence-corrected chi connectivity index (χ3v) is 3.72. The summed E-state index contributed by atoms with van der Waals surface area (Å²) < 4.78 is 0. The number of carbonyl (C=O) groups excluding carboxylic acids is 1. The number of nitrogens with zero attached hydrogens (tertiary/aromatic N) is 1. The van der Waals surface area contributed by atoms with Gasteiger partial charge < -0.3 is 15.5 Å². The number of aromatic amines is 1. The molecule has 3 N–H and O–H groups in total. The van der Waals surface area contributed by atoms with Crippen molar-refractivity contribution in [3.8, 4) is 0 Å². The van der Waals surface area contributed by atoms with E-state index in [2.05, 4.69) is 15.5 Å². The van der Waals surface area contributed by atoms with Gasteiger partial charge >= 0.3 is 0 Å². The Bertz CT molecular complexity index is 838. The number of fused-ring (bicyclic) bond motifs is 1. The highest BCUT2D eigenvalue weighted by atomic mass is 16.4. The van der Waals surface area contributed by atoms with Crippen LogP contribution < -0.4 is 5.32 Å². The first-order chi connectivity index (χ1) is 11.3. The Balaban J connectivity index is 1.63. The van der Waals surface area contributed by atoms with Gasteiger partial charge in [0.1, 0.15) is 0 Å². The number of nitrogens with one attached hydrogen (secondary N) is 2. The molecule has 1 amide bonds. The Morgan fingerprint density at radius 2 is 1.83 bits per heavy atom. The quantitative estimate of drug-likeness (QED) is 0.385. The second-order valence-electron chi connectivity index (χ2n) is 5.18. The van der Waals surface area contributed by atoms with Gasteiger partial charge in [-0.05, 0) is 18.1 Å². The number of benzene rings is 2. The Hall–Kier alpha value is -3.08. The molecule has 0 unspecified atom stereocenters. The fraction of sp³-hybridized carbons (Fsp3) is 0.111. The second kappa shape index (κ2) is 6.79. The number of oxime groups is 1. The third-order valence-electron chi connectivity index (χ3n) is 3.72. The Labute approximate surface area is 133 Å². The van der Waals surface area contributed by atoms with E-state index in [9.17, 15) is 4.79 Å². The maximum atomic E-state index is 12.2. The smallest absolute Gasteiger partial charge is 0.273 e. The van der Waals surface area contributed by atoms with Crippen molar-refractivity contribution in [1.29, 1.82) is 0 Å². The molecule has 5 nitrogen and oxygen atoms in total. The zero-order valence-electron chi connectivity index (χ0n) is 12.5. The zero-order valence-corrected chi connectivity index (χ0v) is 12.5. The topological polar surface area (TPSA) is 77.5 Å². The van der Waals surface area contributed by atoms with Gasteiger partial charge in [0.15, 0.2) is 5.71 Å². The van der Waals surface area contributed by atoms with Crippen molar-refractivity contribution in [2.75, 3.05) is 6.54 Å². The molecule has 116 valence electrons. The van der Waals surface area contributed by atoms with E-state index in [4.69, 9.17) is 5.21 Å². The summed E-state index contributed by atoms with van der Waals surface area (Å²) in [5, 5.41) is 16.2. The Kier molecular flexibility index (Phi) is 4.38. The van der Waals surface area contributed by atoms with Crippen LogP contribution in [0.1, 0.15) is 11.1 Å². The lowest BCUT2D eigenvalue weighted by atomic mass is 10.1. The van der Waals surface area contributed by atoms with Gasteiger partial charge in [-0.25, -0.2) is 0 Å². The van der Waals surface area contributed by atoms with Crippen LogP contribution >= 0.6 is 0 Å². The van der Waals surface area contributed by atoms with E-state index in [1.165, 1.54) is 0 Å². The summed E-state index contributed by atoms with van der Waals surface area (Å²) >= 11 is 0. The second-order valence-corrected chi connectivity index (χ2v) is 5.18. The molecule has 3 aromatic rings. The summed E-state index contributed by atoms with van der Waals surface area (Å²) in [6.45, 7) is 0.465. The molecule has 0 saturated carbocycles. The Morgan fingerprint density at radius 1 is 1.09 bits per heavy atom. The first kappa shape index (κ1) is 14.8. The molecule has 3 rings (SSSR count). The van der Waals surface area contributed by atoms with Crippen molar-refractivity contribution < 1.29 is 10.0 Å². The van der Waals surface area contributed by atoms with Crippen LogP contribution in [-0.2, 0) is 11.2 Å². The third kappa shape index (κ3) is 3.23. The summed E-state index contributed by atoms with van der Waals surface area (Å²) in [6.07, 6.45) is 2.65. The summed E-state index contributed by atoms with van der Waals surface area (Å²) in [5.74, 6) is -0.390. The van der Waals surface area contributed by atoms with E-state index >= 15 is 0 Å². The van der Waals surface area contributed by atoms with Crippen molar-refractivity contribution in [2.45, 2.75) is 6.42 Å². The molecule has 1 aromatic heterocycles. The number of H-pyrrole nitrogens is 1. The Morgan fingerprint density at radius 3 is 2.61 bits per heavy atom. The molecule has 0 aliphatic heterocycles. The molecule has 0 atom stereocenters. The molecular formula is C18H17N3O2. The van der Waals surface area contributed by atoms with E-state index < -0.39 is 5.91 Å². The van der Waals surface area contributed by atoms with E-state index in [0.29, 0.717) is 18.5 Å². The minimum Gasteiger partial charge on any atom is -0.410 e. The van der Waals surface area contributed by atoms with Crippen LogP contribution in [0.2, 0.25) is 0 Å². The predicted molar refractivity (Wildman–Crippen MR) is 89.8 cm³/mol. The SMILES string of the molecule is O=C(NCCc1c[nH]c2ccccc12)/C(=N\O)c1ccccc1. The molecule has 0 fully saturated rings. The number of para-hydroxylation sites is 1. The average molecular weight is 307 g/mol. The number of amides is 1. The van der Waals surface area contributed by atoms with E-state index in [-0.39, 0.29) is 5.71 Å². The van der Waals surface area contributed by atoms with Crippen LogP contribution in [0.3, 0.4) is 0 Å². The van der Waals surface area contributed by atoms with Crippen molar-refractivity contribution >= 4 is 22.5 Å². The summed E-state index contributed by atoms with van der Waals surface area (Å²) in [4.78, 5) is 15.4. The summed E-state index contributed by atoms with van der Waals surface area (Å²) in [6, 6.07) is 16.9. The lowest BCUT2D eigenvalue weighted by molar-refractivity contribution is -0.114. The molecule has 5 heteroatoms. The summed E-state index contributed by atoms with van der Waals surface area (Å²) in [7, 11) is 0. The number of rotatable bonds is 5. The number of hydrogen-bond donors (Lipinski definition) is 3. The first-order valence-electron chi connectivity index (χ1n) is 7.40. The lowest BCUT2D eigenvalue weighted by Crippen LogP contribution is -2.33. The molecular weight excluding hydrogens is 290 g/mol. The highest BCUT2D eigenvalue weighted by molar-refractivity contribution is 6.45. The van der Waals surface area contributed by atoms with E-state index in [0.717, 1.165) is 16.5 Å². The zero-order chi connectivity index (χ0) is 16.1. The average Bonchev–Trinajstić information content (AvgIpc) is 3.00. The lowest BCUT2D eigenvalue weighted by Gasteiger charge is -2.06. The predicted octanol–water partition coefficient (Wildman–Crippen LogP) is 2.71. The molecule has 0 radical (unpaired) electrons. The van der Waals surface area contributed by atoms with Gasteiger partial charge in [0, 0.05) is 29.2 Å². The molecule has 2 aromatic carbocycles. The van der Waals surface area contributed by atoms with Crippen molar-refractivity contribution in [3.63, 3.8) is 0 Å². The van der Waals surface area contributed by atoms with Gasteiger partial charge in [-0.2, -0.15) is 0 Å². The highest BCUT2D eigenvalue weighted by Crippen LogP contribution is 2.17. The maximum absolute atomic E-state index is 12.2. The van der Waals surface area contributed by atoms with Crippen LogP contribution in [0.15, 0.2) is 65.9 Å². The van der Waals surface area contributed by atoms with Crippen LogP contribution in [0.25, 0.3) is 10.9 Å². The number of hydrogen-bond acceptors (Lipinski definition) is 3. The molecule has 0 aliphatic rings. The largest absolute Gasteiger partial charge is 0.410 e. The fourth-order valence-corrected chi connectivity index (χ4v) is 2.56. The van der Waals surface area contributed by atoms with Gasteiger partial charge in [0.25, 0.3) is 5.91 Å². The van der Waals surface area contributed by atoms with Crippen molar-refractivity contribution in [3.05, 3.63) is 71.9 Å². The molecule has 1 heterocycles. The van der Waals surface area contributed by atoms with Gasteiger partial charge in [-0.3, -0.25) is 4.79 Å². The first-order valence-corrected chi connectivity index (χ1v) is 7.40. The van der Waals surface area contributed by atoms with Gasteiger partial charge in [0.05, 0.1) is 0 Å². The van der Waals surface area contributed by atoms with Crippen molar-refractivity contribution in [2.24, 2.45) is 5.16 Å². The molecule has 0 saturated heterocycles. The van der Waals surface area contributed by atoms with Crippen LogP contribution in [0.4, 0.5) is 0 Å². The maximum Gasteiger partial charge on any atom is 0.273 e. The van der Waals surface area contributed by atoms with Gasteiger partial charge in [-0.15, -0.1) is 0 Å². The monoisotopic (exact) mass is 307 g/mol. The van der Waals surface area contributed by atoms with Crippen LogP contribution in [0, 0.1) is 0 Å². The number of aromatic nitrogens is 1. The fourth-order valence-electron chi connectivity index (χ4n) is 2.56. The molecule has 23 heavy (non-hydrogen) atoms. The molecule has 0 bridgehead atoms. The van der Waals surface area contributed by atoms with E-state index in [1.54, 1.807) is 24.3 Å².